The third-order valence-corrected chi connectivity index (χ3v) is 4.12. The number of aliphatic hydroxyl groups excluding tert-OH is 1. The number of aryl methyl sites for hydroxylation is 1. The molecule has 0 aliphatic rings. The van der Waals surface area contributed by atoms with Crippen molar-refractivity contribution >= 4 is 5.91 Å². The van der Waals surface area contributed by atoms with Crippen molar-refractivity contribution in [1.82, 2.24) is 9.88 Å². The monoisotopic (exact) mass is 350 g/mol. The van der Waals surface area contributed by atoms with E-state index in [-0.39, 0.29) is 5.91 Å². The number of nitrogens with one attached hydrogen (secondary N) is 1. The van der Waals surface area contributed by atoms with Crippen LogP contribution in [0.3, 0.4) is 0 Å². The zero-order valence-electron chi connectivity index (χ0n) is 14.6. The summed E-state index contributed by atoms with van der Waals surface area (Å²) in [6.45, 7) is 0.396. The van der Waals surface area contributed by atoms with Crippen LogP contribution in [0, 0.1) is 0 Å². The normalized spacial score (nSPS) is 11.8. The van der Waals surface area contributed by atoms with Gasteiger partial charge in [0.15, 0.2) is 0 Å². The molecule has 0 saturated heterocycles. The van der Waals surface area contributed by atoms with Gasteiger partial charge < -0.3 is 19.7 Å². The van der Waals surface area contributed by atoms with Crippen LogP contribution < -0.4 is 10.1 Å². The first-order valence-corrected chi connectivity index (χ1v) is 8.54. The van der Waals surface area contributed by atoms with Gasteiger partial charge in [-0.25, -0.2) is 0 Å². The molecule has 1 aromatic heterocycles. The van der Waals surface area contributed by atoms with E-state index >= 15 is 0 Å². The maximum atomic E-state index is 12.2. The van der Waals surface area contributed by atoms with Crippen LogP contribution in [0.15, 0.2) is 72.9 Å². The number of hydrogen-bond acceptors (Lipinski definition) is 3. The predicted molar refractivity (Wildman–Crippen MR) is 100 cm³/mol. The van der Waals surface area contributed by atoms with E-state index in [4.69, 9.17) is 4.74 Å². The molecule has 0 fully saturated rings. The minimum absolute atomic E-state index is 0.171. The number of nitrogens with zero attached hydrogens (tertiary/aromatic N) is 1. The van der Waals surface area contributed by atoms with Gasteiger partial charge in [-0.2, -0.15) is 0 Å². The lowest BCUT2D eigenvalue weighted by Gasteiger charge is -2.12. The summed E-state index contributed by atoms with van der Waals surface area (Å²) in [5.41, 5.74) is 1.39. The highest BCUT2D eigenvalue weighted by molar-refractivity contribution is 5.94. The van der Waals surface area contributed by atoms with Crippen molar-refractivity contribution < 1.29 is 14.6 Å². The molecule has 0 aliphatic carbocycles. The van der Waals surface area contributed by atoms with Crippen molar-refractivity contribution in [3.05, 3.63) is 84.2 Å². The van der Waals surface area contributed by atoms with Gasteiger partial charge in [-0.1, -0.05) is 18.2 Å². The summed E-state index contributed by atoms with van der Waals surface area (Å²) >= 11 is 0. The molecule has 3 aromatic rings. The van der Waals surface area contributed by atoms with Gasteiger partial charge in [-0.15, -0.1) is 0 Å². The van der Waals surface area contributed by atoms with Crippen molar-refractivity contribution in [3.63, 3.8) is 0 Å². The van der Waals surface area contributed by atoms with Gasteiger partial charge in [-0.3, -0.25) is 4.79 Å². The Morgan fingerprint density at radius 1 is 1.04 bits per heavy atom. The SMILES string of the molecule is Cn1cccc1C(O)CCNC(=O)c1ccc(Oc2ccccc2)cc1. The second kappa shape index (κ2) is 8.36. The van der Waals surface area contributed by atoms with E-state index in [0.29, 0.717) is 24.3 Å². The highest BCUT2D eigenvalue weighted by atomic mass is 16.5. The number of aromatic nitrogens is 1. The van der Waals surface area contributed by atoms with Gasteiger partial charge in [-0.05, 0) is 55.0 Å². The van der Waals surface area contributed by atoms with Crippen LogP contribution in [-0.4, -0.2) is 22.1 Å². The molecule has 0 radical (unpaired) electrons. The molecule has 1 heterocycles. The number of carbonyl (C=O) groups is 1. The van der Waals surface area contributed by atoms with Crippen LogP contribution in [0.1, 0.15) is 28.6 Å². The van der Waals surface area contributed by atoms with Crippen molar-refractivity contribution in [1.29, 1.82) is 0 Å². The van der Waals surface area contributed by atoms with Crippen LogP contribution in [0.25, 0.3) is 0 Å². The van der Waals surface area contributed by atoms with Gasteiger partial charge >= 0.3 is 0 Å². The number of benzene rings is 2. The molecule has 3 rings (SSSR count). The fraction of sp³-hybridized carbons (Fsp3) is 0.190. The van der Waals surface area contributed by atoms with Crippen molar-refractivity contribution in [2.24, 2.45) is 7.05 Å². The molecule has 0 bridgehead atoms. The zero-order valence-corrected chi connectivity index (χ0v) is 14.6. The van der Waals surface area contributed by atoms with Gasteiger partial charge in [0.2, 0.25) is 0 Å². The Morgan fingerprint density at radius 3 is 2.38 bits per heavy atom. The van der Waals surface area contributed by atoms with Crippen LogP contribution in [0.4, 0.5) is 0 Å². The van der Waals surface area contributed by atoms with E-state index in [1.54, 1.807) is 24.3 Å². The third-order valence-electron chi connectivity index (χ3n) is 4.12. The predicted octanol–water partition coefficient (Wildman–Crippen LogP) is 3.67. The number of carbonyl (C=O) groups excluding carboxylic acids is 1. The molecule has 1 amide bonds. The highest BCUT2D eigenvalue weighted by Crippen LogP contribution is 2.21. The van der Waals surface area contributed by atoms with Gasteiger partial charge in [0, 0.05) is 31.0 Å². The Bertz CT molecular complexity index is 841. The average molecular weight is 350 g/mol. The Hall–Kier alpha value is -3.05. The fourth-order valence-electron chi connectivity index (χ4n) is 2.69. The van der Waals surface area contributed by atoms with Gasteiger partial charge in [0.05, 0.1) is 6.10 Å². The lowest BCUT2D eigenvalue weighted by molar-refractivity contribution is 0.0941. The molecule has 1 unspecified atom stereocenters. The maximum absolute atomic E-state index is 12.2. The first-order valence-electron chi connectivity index (χ1n) is 8.54. The first kappa shape index (κ1) is 17.8. The largest absolute Gasteiger partial charge is 0.457 e. The Labute approximate surface area is 152 Å². The van der Waals surface area contributed by atoms with Gasteiger partial charge in [0.1, 0.15) is 11.5 Å². The molecule has 2 aromatic carbocycles. The van der Waals surface area contributed by atoms with E-state index in [2.05, 4.69) is 5.32 Å². The lowest BCUT2D eigenvalue weighted by Crippen LogP contribution is -2.25. The number of rotatable bonds is 7. The highest BCUT2D eigenvalue weighted by Gasteiger charge is 2.11. The summed E-state index contributed by atoms with van der Waals surface area (Å²) in [4.78, 5) is 12.2. The minimum atomic E-state index is -0.600. The first-order chi connectivity index (χ1) is 12.6. The Balaban J connectivity index is 1.49. The second-order valence-electron chi connectivity index (χ2n) is 6.04. The number of ether oxygens (including phenoxy) is 1. The summed E-state index contributed by atoms with van der Waals surface area (Å²) in [5.74, 6) is 1.25. The summed E-state index contributed by atoms with van der Waals surface area (Å²) in [6.07, 6.45) is 1.74. The standard InChI is InChI=1S/C21H22N2O3/c1-23-15-5-8-19(23)20(24)13-14-22-21(25)16-9-11-18(12-10-16)26-17-6-3-2-4-7-17/h2-12,15,20,24H,13-14H2,1H3,(H,22,25). The van der Waals surface area contributed by atoms with Crippen molar-refractivity contribution in [3.8, 4) is 11.5 Å². The van der Waals surface area contributed by atoms with Crippen molar-refractivity contribution in [2.75, 3.05) is 6.54 Å². The van der Waals surface area contributed by atoms with E-state index < -0.39 is 6.10 Å². The molecular formula is C21H22N2O3. The molecule has 5 heteroatoms. The van der Waals surface area contributed by atoms with Crippen LogP contribution in [0.2, 0.25) is 0 Å². The Kier molecular flexibility index (Phi) is 5.71. The quantitative estimate of drug-likeness (QED) is 0.683. The van der Waals surface area contributed by atoms with E-state index in [1.165, 1.54) is 0 Å². The van der Waals surface area contributed by atoms with E-state index in [9.17, 15) is 9.90 Å². The topological polar surface area (TPSA) is 63.5 Å². The minimum Gasteiger partial charge on any atom is -0.457 e. The number of aliphatic hydroxyl groups is 1. The molecule has 2 N–H and O–H groups in total. The zero-order chi connectivity index (χ0) is 18.4. The maximum Gasteiger partial charge on any atom is 0.251 e. The third kappa shape index (κ3) is 4.52. The molecule has 26 heavy (non-hydrogen) atoms. The summed E-state index contributed by atoms with van der Waals surface area (Å²) < 4.78 is 7.58. The van der Waals surface area contributed by atoms with E-state index in [0.717, 1.165) is 11.4 Å². The molecule has 0 saturated carbocycles. The summed E-state index contributed by atoms with van der Waals surface area (Å²) in [7, 11) is 1.89. The number of hydrogen-bond donors (Lipinski definition) is 2. The van der Waals surface area contributed by atoms with E-state index in [1.807, 2.05) is 60.3 Å². The fourth-order valence-corrected chi connectivity index (χ4v) is 2.69. The second-order valence-corrected chi connectivity index (χ2v) is 6.04. The Morgan fingerprint density at radius 2 is 1.73 bits per heavy atom. The molecule has 0 spiro atoms. The summed E-state index contributed by atoms with van der Waals surface area (Å²) in [5, 5.41) is 13.0. The molecule has 5 nitrogen and oxygen atoms in total. The molecule has 134 valence electrons. The smallest absolute Gasteiger partial charge is 0.251 e. The lowest BCUT2D eigenvalue weighted by atomic mass is 10.1. The average Bonchev–Trinajstić information content (AvgIpc) is 3.09. The molecule has 0 aliphatic heterocycles. The summed E-state index contributed by atoms with van der Waals surface area (Å²) in [6, 6.07) is 20.2. The van der Waals surface area contributed by atoms with Crippen molar-refractivity contribution in [2.45, 2.75) is 12.5 Å². The molecule has 1 atom stereocenters. The van der Waals surface area contributed by atoms with Gasteiger partial charge in [0.25, 0.3) is 5.91 Å². The van der Waals surface area contributed by atoms with Crippen LogP contribution in [-0.2, 0) is 7.05 Å². The number of para-hydroxylation sites is 1. The molecular weight excluding hydrogens is 328 g/mol. The van der Waals surface area contributed by atoms with Crippen LogP contribution in [0.5, 0.6) is 11.5 Å². The van der Waals surface area contributed by atoms with Crippen LogP contribution >= 0.6 is 0 Å². The number of amides is 1.